The van der Waals surface area contributed by atoms with E-state index < -0.39 is 77.8 Å². The molecule has 0 atom stereocenters. The topological polar surface area (TPSA) is 561 Å². The van der Waals surface area contributed by atoms with Crippen LogP contribution in [-0.4, -0.2) is 116 Å². The molecule has 5 amide bonds. The average Bonchev–Trinajstić information content (AvgIpc) is 0.801. The summed E-state index contributed by atoms with van der Waals surface area (Å²) in [6.45, 7) is 13.2. The van der Waals surface area contributed by atoms with E-state index in [0.29, 0.717) is 56.3 Å². The number of nitrogens with zero attached hydrogens (tertiary/aromatic N) is 1. The van der Waals surface area contributed by atoms with Gasteiger partial charge in [-0.2, -0.15) is 0 Å². The molecule has 49 heteroatoms. The Morgan fingerprint density at radius 1 is 0.400 bits per heavy atom. The Labute approximate surface area is 1010 Å². The van der Waals surface area contributed by atoms with E-state index in [4.69, 9.17) is 23.7 Å². The summed E-state index contributed by atoms with van der Waals surface area (Å²) in [5.41, 5.74) is 4.92. The molecule has 4 N–H and O–H groups in total. The van der Waals surface area contributed by atoms with Gasteiger partial charge >= 0.3 is 30.2 Å². The van der Waals surface area contributed by atoms with Crippen molar-refractivity contribution in [2.75, 3.05) is 41.6 Å². The lowest BCUT2D eigenvalue weighted by atomic mass is 10.1. The van der Waals surface area contributed by atoms with Gasteiger partial charge in [-0.05, 0) is 515 Å². The Morgan fingerprint density at radius 2 is 0.836 bits per heavy atom. The van der Waals surface area contributed by atoms with E-state index in [1.165, 1.54) is 127 Å². The van der Waals surface area contributed by atoms with Crippen LogP contribution < -0.4 is 86.3 Å². The highest BCUT2D eigenvalue weighted by Gasteiger charge is 2.22. The third-order valence-electron chi connectivity index (χ3n) is 15.7. The molecular weight excluding hydrogens is 3530 g/mol. The van der Waals surface area contributed by atoms with Crippen LogP contribution in [0.5, 0.6) is 17.2 Å². The van der Waals surface area contributed by atoms with Crippen LogP contribution in [0.3, 0.4) is 0 Å². The molecule has 0 saturated carbocycles. The first-order valence-corrected chi connectivity index (χ1v) is 54.3. The maximum atomic E-state index is 12.0. The number of carbonyl (C=O) groups excluding carboxylic acids is 15. The third kappa shape index (κ3) is 50.0. The summed E-state index contributed by atoms with van der Waals surface area (Å²) in [7, 11) is 3.13. The van der Waals surface area contributed by atoms with Gasteiger partial charge in [0.1, 0.15) is 30.5 Å². The first kappa shape index (κ1) is 130. The van der Waals surface area contributed by atoms with Crippen molar-refractivity contribution in [3.63, 3.8) is 0 Å². The van der Waals surface area contributed by atoms with E-state index in [0.717, 1.165) is 45.3 Å². The SMILES string of the molecule is C=CCOC(=O)Nc1ccc(C(=O)[O-])cc1I.CC(=O)Nc1c(I)cc(I)c(C(=O)[O-])c1I.CC(=O)Oc1cc(C(=O)[O-])ccc1I.CC(=O)Oc1cc(I)ccc1C(=O)[O-].CN(C(=O)NC(C)(C)C)c1ccc(C(=O)[O-])cc1I.COc1cc(C(=O)[O-])ccc1I.O=C(Nc1ccc(C(=O)[O-])cc1I)OCc1ccccc1.O=C([O-])CCc1cc(I)cc(I)c1I.O=C([O-])Cc1cc(I)cc(I)c1I. The highest BCUT2D eigenvalue weighted by atomic mass is 127. The number of halogens is 15. The van der Waals surface area contributed by atoms with Gasteiger partial charge in [0.15, 0.2) is 0 Å². The Morgan fingerprint density at radius 3 is 1.26 bits per heavy atom. The molecule has 746 valence electrons. The van der Waals surface area contributed by atoms with Gasteiger partial charge in [-0.1, -0.05) is 73.3 Å². The van der Waals surface area contributed by atoms with Gasteiger partial charge in [0, 0.05) is 120 Å². The largest absolute Gasteiger partial charge is 0.550 e. The third-order valence-corrected chi connectivity index (χ3v) is 31.2. The number of anilines is 4. The van der Waals surface area contributed by atoms with Crippen molar-refractivity contribution in [3.8, 4) is 17.2 Å². The summed E-state index contributed by atoms with van der Waals surface area (Å²) in [5, 5.41) is 106. The number of rotatable bonds is 23. The smallest absolute Gasteiger partial charge is 0.411 e. The summed E-state index contributed by atoms with van der Waals surface area (Å²) in [5.74, 6) is -11.3. The Kier molecular flexibility index (Phi) is 61.7. The number of amides is 5. The molecule has 0 unspecified atom stereocenters. The van der Waals surface area contributed by atoms with Gasteiger partial charge in [0.05, 0.1) is 78.8 Å². The highest BCUT2D eigenvalue weighted by molar-refractivity contribution is 14.1. The number of carboxylic acid groups (broad SMARTS) is 9. The molecule has 10 aromatic carbocycles. The minimum atomic E-state index is -1.36. The van der Waals surface area contributed by atoms with Gasteiger partial charge in [0.25, 0.3) is 0 Å². The Bertz CT molecular complexity index is 6230. The van der Waals surface area contributed by atoms with Crippen molar-refractivity contribution in [2.24, 2.45) is 0 Å². The normalized spacial score (nSPS) is 9.96. The van der Waals surface area contributed by atoms with Crippen LogP contribution in [0.4, 0.5) is 37.1 Å². The number of urea groups is 1. The van der Waals surface area contributed by atoms with Gasteiger partial charge in [-0.25, -0.2) is 14.4 Å². The number of nitrogens with one attached hydrogen (secondary N) is 4. The standard InChI is InChI=1S/C15H12INO4.C13H17IN2O3.C11H10INO4.C9H6I3NO3.C9H7I3O2.2C9H7IO4.C8H5I3O2.C8H7IO3/c16-12-8-11(14(18)19)6-7-13(12)17-15(20)21-9-10-4-2-1-3-5-10;1-13(2,3)15-12(19)16(4)10-6-5-8(11(17)18)7-9(10)14;1-2-5-17-11(16)13-9-4-3-7(10(14)15)6-8(9)12;1-3(14)13-8-5(11)2-4(10)6(7(8)12)9(15)16;10-6-3-5(1-2-8(13)14)9(12)7(11)4-6;1-5(11)14-8-4-6(10)2-3-7(8)9(12)13;1-5(11)14-8-4-6(9(12)13)2-3-7(8)10;9-5-1-4(2-7(12)13)8(11)6(10)3-5;1-12-7-4-5(8(10)11)2-3-6(7)9/h1-8H,9H2,(H,17,20)(H,18,19);5-7H,1-4H3,(H,15,19)(H,17,18);2-4,6H,1,5H2,(H,13,16)(H,14,15);2H,1H3,(H,13,14)(H,15,16);3-4H,1-2H2,(H,13,14);2*2-4H,1H3,(H,12,13);1,3H,2H2,(H,12,13);2-4H,1H3,(H,10,11)/p-9. The van der Waals surface area contributed by atoms with Crippen molar-refractivity contribution >= 4 is 451 Å². The van der Waals surface area contributed by atoms with Crippen LogP contribution in [0.25, 0.3) is 0 Å². The minimum Gasteiger partial charge on any atom is -0.550 e. The van der Waals surface area contributed by atoms with E-state index in [1.807, 2.05) is 250 Å². The number of aryl methyl sites for hydroxylation is 1. The fourth-order valence-electron chi connectivity index (χ4n) is 9.60. The van der Waals surface area contributed by atoms with Gasteiger partial charge in [0.2, 0.25) is 5.91 Å². The van der Waals surface area contributed by atoms with Crippen molar-refractivity contribution < 1.29 is 142 Å². The predicted octanol–water partition coefficient (Wildman–Crippen LogP) is 13.0. The number of hydrogen-bond acceptors (Lipinski definition) is 29. The summed E-state index contributed by atoms with van der Waals surface area (Å²) in [4.78, 5) is 164. The fraction of sp³-hybridized carbons (Fsp3) is 0.154. The maximum Gasteiger partial charge on any atom is 0.411 e. The first-order chi connectivity index (χ1) is 65.2. The van der Waals surface area contributed by atoms with Crippen molar-refractivity contribution in [1.82, 2.24) is 5.32 Å². The van der Waals surface area contributed by atoms with Crippen LogP contribution in [0.2, 0.25) is 0 Å². The molecule has 0 aliphatic heterocycles. The molecule has 0 aliphatic carbocycles. The zero-order valence-corrected chi connectivity index (χ0v) is 105. The monoisotopic (exact) mass is 3600 g/mol. The molecule has 0 aliphatic rings. The van der Waals surface area contributed by atoms with E-state index >= 15 is 0 Å². The zero-order valence-electron chi connectivity index (χ0n) is 72.9. The lowest BCUT2D eigenvalue weighted by Gasteiger charge is -2.26. The summed E-state index contributed by atoms with van der Waals surface area (Å²) in [6.07, 6.45) is 0.857. The molecule has 0 radical (unpaired) electrons. The van der Waals surface area contributed by atoms with Crippen LogP contribution >= 0.6 is 339 Å². The molecule has 34 nitrogen and oxygen atoms in total. The number of carboxylic acids is 9. The lowest BCUT2D eigenvalue weighted by molar-refractivity contribution is -0.306. The van der Waals surface area contributed by atoms with E-state index in [1.54, 1.807) is 37.4 Å². The maximum absolute atomic E-state index is 12.0. The number of aromatic carboxylic acids is 7. The van der Waals surface area contributed by atoms with Crippen LogP contribution in [-0.2, 0) is 52.9 Å². The van der Waals surface area contributed by atoms with Gasteiger partial charge < -0.3 is 123 Å². The summed E-state index contributed by atoms with van der Waals surface area (Å²) >= 11 is 31.0. The molecule has 0 bridgehead atoms. The molecule has 140 heavy (non-hydrogen) atoms. The quantitative estimate of drug-likeness (QED) is 0.0152. The van der Waals surface area contributed by atoms with Crippen LogP contribution in [0.1, 0.15) is 137 Å². The number of esters is 2. The molecule has 0 heterocycles. The number of ether oxygens (including phenoxy) is 5. The molecule has 0 saturated heterocycles. The van der Waals surface area contributed by atoms with E-state index in [-0.39, 0.29) is 94.0 Å². The zero-order chi connectivity index (χ0) is 107. The molecule has 0 aromatic heterocycles. The number of hydrogen-bond donors (Lipinski definition) is 4. The number of carbonyl (C=O) groups is 15. The minimum absolute atomic E-state index is 0.00881. The predicted molar refractivity (Wildman–Crippen MR) is 627 cm³/mol. The first-order valence-electron chi connectivity index (χ1n) is 38.1. The highest BCUT2D eigenvalue weighted by Crippen LogP contribution is 2.34. The van der Waals surface area contributed by atoms with Gasteiger partial charge in [-0.3, -0.25) is 29.9 Å². The molecule has 10 rings (SSSR count). The van der Waals surface area contributed by atoms with Gasteiger partial charge in [-0.15, -0.1) is 0 Å². The average molecular weight is 3600 g/mol. The molecular formula is C91H69I15N5O29-9. The van der Waals surface area contributed by atoms with Crippen molar-refractivity contribution in [1.29, 1.82) is 0 Å². The Balaban J connectivity index is 0.000000535. The Hall–Kier alpha value is -5.86. The number of methoxy groups -OCH3 is 1. The lowest BCUT2D eigenvalue weighted by Crippen LogP contribution is -2.47. The second kappa shape index (κ2) is 66.4. The van der Waals surface area contributed by atoms with E-state index in [9.17, 15) is 118 Å². The van der Waals surface area contributed by atoms with Crippen molar-refractivity contribution in [3.05, 3.63) is 292 Å². The molecule has 0 fully saturated rings. The molecule has 10 aromatic rings. The number of benzene rings is 10. The van der Waals surface area contributed by atoms with E-state index in [2.05, 4.69) is 192 Å². The summed E-state index contributed by atoms with van der Waals surface area (Å²) in [6, 6.07) is 44.9. The van der Waals surface area contributed by atoms with Crippen LogP contribution in [0.15, 0.2) is 183 Å². The molecule has 0 spiro atoms. The second-order valence-electron chi connectivity index (χ2n) is 27.6. The van der Waals surface area contributed by atoms with Crippen molar-refractivity contribution in [2.45, 2.75) is 73.0 Å². The summed E-state index contributed by atoms with van der Waals surface area (Å²) < 4.78 is 36.9. The number of aliphatic carboxylic acids is 2. The fourth-order valence-corrected chi connectivity index (χ4v) is 22.3. The van der Waals surface area contributed by atoms with Crippen LogP contribution in [0, 0.1) is 53.6 Å². The second-order valence-corrected chi connectivity index (χ2v) is 45.0.